The Morgan fingerprint density at radius 3 is 3.00 bits per heavy atom. The van der Waals surface area contributed by atoms with Crippen molar-refractivity contribution in [3.05, 3.63) is 34.4 Å². The normalized spacial score (nSPS) is 21.9. The molecule has 0 spiro atoms. The summed E-state index contributed by atoms with van der Waals surface area (Å²) >= 11 is 3.66. The Labute approximate surface area is 131 Å². The molecule has 0 aliphatic carbocycles. The number of nitrogens with one attached hydrogen (secondary N) is 1. The fourth-order valence-electron chi connectivity index (χ4n) is 2.95. The van der Waals surface area contributed by atoms with Crippen molar-refractivity contribution < 1.29 is 9.53 Å². The fourth-order valence-corrected chi connectivity index (χ4v) is 3.50. The van der Waals surface area contributed by atoms with Gasteiger partial charge >= 0.3 is 0 Å². The van der Waals surface area contributed by atoms with Crippen LogP contribution in [-0.4, -0.2) is 22.7 Å². The maximum atomic E-state index is 11.5. The van der Waals surface area contributed by atoms with E-state index in [-0.39, 0.29) is 12.0 Å². The Morgan fingerprint density at radius 2 is 2.24 bits per heavy atom. The van der Waals surface area contributed by atoms with Crippen LogP contribution in [0.1, 0.15) is 18.5 Å². The number of hydrazine groups is 1. The molecule has 3 rings (SSSR count). The lowest BCUT2D eigenvalue weighted by molar-refractivity contribution is -0.132. The summed E-state index contributed by atoms with van der Waals surface area (Å²) in [5.74, 6) is 4.92. The number of amides is 1. The molecular formula is C15H18BrN3O2. The van der Waals surface area contributed by atoms with Crippen molar-refractivity contribution in [2.75, 3.05) is 0 Å². The topological polar surface area (TPSA) is 69.3 Å². The molecule has 1 aromatic carbocycles. The number of nitrogens with zero attached hydrogens (tertiary/aromatic N) is 1. The highest BCUT2D eigenvalue weighted by Crippen LogP contribution is 2.32. The van der Waals surface area contributed by atoms with Crippen LogP contribution in [0.2, 0.25) is 0 Å². The molecule has 0 saturated carbocycles. The average molecular weight is 352 g/mol. The zero-order chi connectivity index (χ0) is 15.0. The van der Waals surface area contributed by atoms with Gasteiger partial charge < -0.3 is 9.30 Å². The van der Waals surface area contributed by atoms with Crippen LogP contribution in [0.3, 0.4) is 0 Å². The number of benzene rings is 1. The van der Waals surface area contributed by atoms with E-state index in [1.54, 1.807) is 0 Å². The minimum Gasteiger partial charge on any atom is -0.363 e. The van der Waals surface area contributed by atoms with Gasteiger partial charge in [0.15, 0.2) is 0 Å². The molecule has 112 valence electrons. The van der Waals surface area contributed by atoms with E-state index in [1.165, 1.54) is 16.6 Å². The number of carbonyl (C=O) groups excluding carboxylic acids is 1. The molecule has 5 nitrogen and oxygen atoms in total. The van der Waals surface area contributed by atoms with Crippen molar-refractivity contribution in [1.29, 1.82) is 0 Å². The predicted molar refractivity (Wildman–Crippen MR) is 84.6 cm³/mol. The van der Waals surface area contributed by atoms with Gasteiger partial charge in [-0.25, -0.2) is 5.84 Å². The summed E-state index contributed by atoms with van der Waals surface area (Å²) in [4.78, 5) is 11.5. The van der Waals surface area contributed by atoms with Gasteiger partial charge in [0, 0.05) is 27.6 Å². The van der Waals surface area contributed by atoms with Gasteiger partial charge in [0.25, 0.3) is 5.91 Å². The van der Waals surface area contributed by atoms with Crippen molar-refractivity contribution in [1.82, 2.24) is 9.99 Å². The van der Waals surface area contributed by atoms with E-state index in [2.05, 4.69) is 45.0 Å². The number of fused-ring (bicyclic) bond motifs is 1. The molecule has 6 heteroatoms. The molecule has 1 amide bonds. The van der Waals surface area contributed by atoms with Crippen LogP contribution in [0.5, 0.6) is 0 Å². The highest BCUT2D eigenvalue weighted by atomic mass is 79.9. The lowest BCUT2D eigenvalue weighted by atomic mass is 10.2. The molecule has 0 radical (unpaired) electrons. The highest BCUT2D eigenvalue weighted by molar-refractivity contribution is 9.10. The molecule has 0 bridgehead atoms. The number of ether oxygens (including phenoxy) is 1. The Balaban J connectivity index is 1.83. The van der Waals surface area contributed by atoms with Gasteiger partial charge in [-0.3, -0.25) is 10.2 Å². The van der Waals surface area contributed by atoms with Crippen LogP contribution in [0.4, 0.5) is 0 Å². The SMILES string of the molecule is Cc1c(Br)c2ccccc2n1CC1CCC(C(=O)NN)O1. The number of rotatable bonds is 3. The Hall–Kier alpha value is -1.37. The van der Waals surface area contributed by atoms with Crippen LogP contribution < -0.4 is 11.3 Å². The number of para-hydroxylation sites is 1. The molecule has 1 fully saturated rings. The fraction of sp³-hybridized carbons (Fsp3) is 0.400. The van der Waals surface area contributed by atoms with Gasteiger partial charge in [-0.15, -0.1) is 0 Å². The molecule has 1 aromatic heterocycles. The van der Waals surface area contributed by atoms with Gasteiger partial charge in [-0.05, 0) is 41.8 Å². The van der Waals surface area contributed by atoms with Gasteiger partial charge in [-0.1, -0.05) is 18.2 Å². The van der Waals surface area contributed by atoms with E-state index >= 15 is 0 Å². The maximum Gasteiger partial charge on any atom is 0.263 e. The lowest BCUT2D eigenvalue weighted by Crippen LogP contribution is -2.39. The monoisotopic (exact) mass is 351 g/mol. The number of aromatic nitrogens is 1. The quantitative estimate of drug-likeness (QED) is 0.506. The van der Waals surface area contributed by atoms with Crippen LogP contribution in [-0.2, 0) is 16.1 Å². The minimum absolute atomic E-state index is 0.0358. The van der Waals surface area contributed by atoms with Crippen molar-refractivity contribution in [3.8, 4) is 0 Å². The molecule has 2 atom stereocenters. The van der Waals surface area contributed by atoms with E-state index in [0.717, 1.165) is 17.4 Å². The number of carbonyl (C=O) groups is 1. The number of hydrogen-bond donors (Lipinski definition) is 2. The van der Waals surface area contributed by atoms with E-state index in [1.807, 2.05) is 12.1 Å². The van der Waals surface area contributed by atoms with Crippen LogP contribution >= 0.6 is 15.9 Å². The summed E-state index contributed by atoms with van der Waals surface area (Å²) in [6, 6.07) is 8.27. The summed E-state index contributed by atoms with van der Waals surface area (Å²) in [6.07, 6.45) is 1.19. The van der Waals surface area contributed by atoms with Gasteiger partial charge in [0.05, 0.1) is 6.10 Å². The number of nitrogens with two attached hydrogens (primary N) is 1. The Morgan fingerprint density at radius 1 is 1.48 bits per heavy atom. The van der Waals surface area contributed by atoms with Gasteiger partial charge in [0.1, 0.15) is 6.10 Å². The van der Waals surface area contributed by atoms with Crippen molar-refractivity contribution in [2.45, 2.75) is 38.5 Å². The molecule has 3 N–H and O–H groups in total. The third-order valence-corrected chi connectivity index (χ3v) is 5.08. The van der Waals surface area contributed by atoms with Crippen LogP contribution in [0, 0.1) is 6.92 Å². The second-order valence-electron chi connectivity index (χ2n) is 5.36. The first-order valence-corrected chi connectivity index (χ1v) is 7.80. The smallest absolute Gasteiger partial charge is 0.263 e. The van der Waals surface area contributed by atoms with E-state index in [0.29, 0.717) is 6.42 Å². The average Bonchev–Trinajstić information content (AvgIpc) is 3.07. The van der Waals surface area contributed by atoms with Crippen molar-refractivity contribution in [2.24, 2.45) is 5.84 Å². The molecule has 2 aromatic rings. The second kappa shape index (κ2) is 5.79. The predicted octanol–water partition coefficient (Wildman–Crippen LogP) is 2.25. The third kappa shape index (κ3) is 2.59. The number of halogens is 1. The van der Waals surface area contributed by atoms with Crippen molar-refractivity contribution in [3.63, 3.8) is 0 Å². The summed E-state index contributed by atoms with van der Waals surface area (Å²) in [5, 5.41) is 1.20. The first kappa shape index (κ1) is 14.6. The summed E-state index contributed by atoms with van der Waals surface area (Å²) in [6.45, 7) is 2.83. The number of hydrogen-bond acceptors (Lipinski definition) is 3. The third-order valence-electron chi connectivity index (χ3n) is 4.08. The van der Waals surface area contributed by atoms with Crippen molar-refractivity contribution >= 4 is 32.7 Å². The minimum atomic E-state index is -0.425. The Bertz CT molecular complexity index is 683. The molecule has 21 heavy (non-hydrogen) atoms. The van der Waals surface area contributed by atoms with E-state index in [4.69, 9.17) is 10.6 Å². The molecule has 1 aliphatic rings. The second-order valence-corrected chi connectivity index (χ2v) is 6.15. The summed E-state index contributed by atoms with van der Waals surface area (Å²) in [7, 11) is 0. The van der Waals surface area contributed by atoms with Crippen LogP contribution in [0.15, 0.2) is 28.7 Å². The zero-order valence-corrected chi connectivity index (χ0v) is 13.4. The maximum absolute atomic E-state index is 11.5. The first-order chi connectivity index (χ1) is 10.1. The standard InChI is InChI=1S/C15H18BrN3O2/c1-9-14(16)11-4-2-3-5-12(11)19(9)8-10-6-7-13(21-10)15(20)18-17/h2-5,10,13H,6-8,17H2,1H3,(H,18,20). The van der Waals surface area contributed by atoms with Gasteiger partial charge in [-0.2, -0.15) is 0 Å². The molecular weight excluding hydrogens is 334 g/mol. The zero-order valence-electron chi connectivity index (χ0n) is 11.8. The van der Waals surface area contributed by atoms with E-state index in [9.17, 15) is 4.79 Å². The molecule has 2 heterocycles. The molecule has 2 unspecified atom stereocenters. The summed E-state index contributed by atoms with van der Waals surface area (Å²) in [5.41, 5.74) is 4.51. The van der Waals surface area contributed by atoms with Gasteiger partial charge in [0.2, 0.25) is 0 Å². The summed E-state index contributed by atoms with van der Waals surface area (Å²) < 4.78 is 9.16. The molecule has 1 saturated heterocycles. The first-order valence-electron chi connectivity index (χ1n) is 7.01. The largest absolute Gasteiger partial charge is 0.363 e. The van der Waals surface area contributed by atoms with E-state index < -0.39 is 6.10 Å². The molecule has 1 aliphatic heterocycles. The Kier molecular flexibility index (Phi) is 4.01. The highest BCUT2D eigenvalue weighted by Gasteiger charge is 2.31. The lowest BCUT2D eigenvalue weighted by Gasteiger charge is -2.15. The van der Waals surface area contributed by atoms with Crippen LogP contribution in [0.25, 0.3) is 10.9 Å².